The first-order valence-corrected chi connectivity index (χ1v) is 8.56. The molecule has 0 aromatic heterocycles. The molecule has 0 fully saturated rings. The molecular formula is C19H20N4O5. The van der Waals surface area contributed by atoms with E-state index in [1.807, 2.05) is 0 Å². The Bertz CT molecular complexity index is 915. The maximum absolute atomic E-state index is 12.5. The van der Waals surface area contributed by atoms with Crippen molar-refractivity contribution in [1.82, 2.24) is 10.6 Å². The van der Waals surface area contributed by atoms with Crippen molar-refractivity contribution >= 4 is 29.2 Å². The number of rotatable bonds is 5. The van der Waals surface area contributed by atoms with Crippen LogP contribution in [0.5, 0.6) is 11.5 Å². The molecule has 1 heterocycles. The molecule has 0 aliphatic carbocycles. The first-order chi connectivity index (χ1) is 13.5. The molecule has 4 amide bonds. The van der Waals surface area contributed by atoms with Crippen molar-refractivity contribution in [3.8, 4) is 11.5 Å². The van der Waals surface area contributed by atoms with Crippen molar-refractivity contribution in [3.63, 3.8) is 0 Å². The molecular weight excluding hydrogens is 364 g/mol. The van der Waals surface area contributed by atoms with Crippen LogP contribution in [0, 0.1) is 0 Å². The lowest BCUT2D eigenvalue weighted by atomic mass is 10.1. The zero-order chi connectivity index (χ0) is 20.1. The lowest BCUT2D eigenvalue weighted by Crippen LogP contribution is -2.44. The minimum atomic E-state index is -0.655. The maximum Gasteiger partial charge on any atom is 0.321 e. The first-order valence-electron chi connectivity index (χ1n) is 8.56. The van der Waals surface area contributed by atoms with Gasteiger partial charge in [-0.3, -0.25) is 14.9 Å². The topological polar surface area (TPSA) is 118 Å². The number of fused-ring (bicyclic) bond motifs is 1. The Morgan fingerprint density at radius 3 is 2.54 bits per heavy atom. The van der Waals surface area contributed by atoms with Crippen LogP contribution >= 0.6 is 0 Å². The van der Waals surface area contributed by atoms with Crippen molar-refractivity contribution in [2.45, 2.75) is 13.0 Å². The standard InChI is InChI=1S/C19H20N4O5/c1-11(17(24)23-19(26)20-2)21-13-4-3-5-14(9-13)22-18(25)12-6-7-15-16(8-12)28-10-27-15/h3-9,11,21H,10H2,1-2H3,(H,22,25)(H2,20,23,24,26)/t11-/m1/s1. The predicted octanol–water partition coefficient (Wildman–Crippen LogP) is 1.92. The second-order valence-corrected chi connectivity index (χ2v) is 6.04. The highest BCUT2D eigenvalue weighted by atomic mass is 16.7. The van der Waals surface area contributed by atoms with Gasteiger partial charge in [0.2, 0.25) is 12.7 Å². The molecule has 0 spiro atoms. The number of urea groups is 1. The average molecular weight is 384 g/mol. The Labute approximate surface area is 161 Å². The quantitative estimate of drug-likeness (QED) is 0.626. The van der Waals surface area contributed by atoms with Crippen LogP contribution in [-0.4, -0.2) is 37.7 Å². The van der Waals surface area contributed by atoms with E-state index < -0.39 is 18.0 Å². The number of nitrogens with one attached hydrogen (secondary N) is 4. The Balaban J connectivity index is 1.63. The largest absolute Gasteiger partial charge is 0.454 e. The highest BCUT2D eigenvalue weighted by Gasteiger charge is 2.17. The molecule has 4 N–H and O–H groups in total. The van der Waals surface area contributed by atoms with Crippen LogP contribution in [-0.2, 0) is 4.79 Å². The molecule has 2 aromatic rings. The number of carbonyl (C=O) groups is 3. The molecule has 28 heavy (non-hydrogen) atoms. The van der Waals surface area contributed by atoms with Gasteiger partial charge in [0.1, 0.15) is 6.04 Å². The van der Waals surface area contributed by atoms with E-state index in [-0.39, 0.29) is 12.7 Å². The van der Waals surface area contributed by atoms with Crippen molar-refractivity contribution in [2.24, 2.45) is 0 Å². The van der Waals surface area contributed by atoms with Crippen LogP contribution < -0.4 is 30.7 Å². The fourth-order valence-electron chi connectivity index (χ4n) is 2.53. The summed E-state index contributed by atoms with van der Waals surface area (Å²) < 4.78 is 10.5. The number of anilines is 2. The molecule has 146 valence electrons. The third-order valence-electron chi connectivity index (χ3n) is 4.00. The van der Waals surface area contributed by atoms with Gasteiger partial charge in [-0.25, -0.2) is 4.79 Å². The van der Waals surface area contributed by atoms with Crippen LogP contribution in [0.1, 0.15) is 17.3 Å². The van der Waals surface area contributed by atoms with Crippen molar-refractivity contribution in [1.29, 1.82) is 0 Å². The maximum atomic E-state index is 12.5. The summed E-state index contributed by atoms with van der Waals surface area (Å²) in [5.74, 6) is 0.348. The van der Waals surface area contributed by atoms with Gasteiger partial charge < -0.3 is 25.4 Å². The summed E-state index contributed by atoms with van der Waals surface area (Å²) in [4.78, 5) is 35.6. The van der Waals surface area contributed by atoms with E-state index in [4.69, 9.17) is 9.47 Å². The Kier molecular flexibility index (Phi) is 5.64. The van der Waals surface area contributed by atoms with Gasteiger partial charge >= 0.3 is 6.03 Å². The lowest BCUT2D eigenvalue weighted by Gasteiger charge is -2.15. The molecule has 9 nitrogen and oxygen atoms in total. The van der Waals surface area contributed by atoms with E-state index in [0.29, 0.717) is 28.4 Å². The molecule has 1 atom stereocenters. The van der Waals surface area contributed by atoms with Gasteiger partial charge in [0, 0.05) is 24.0 Å². The smallest absolute Gasteiger partial charge is 0.321 e. The number of carbonyl (C=O) groups excluding carboxylic acids is 3. The minimum absolute atomic E-state index is 0.139. The highest BCUT2D eigenvalue weighted by Crippen LogP contribution is 2.32. The van der Waals surface area contributed by atoms with E-state index in [2.05, 4.69) is 21.3 Å². The fraction of sp³-hybridized carbons (Fsp3) is 0.211. The molecule has 0 radical (unpaired) electrons. The van der Waals surface area contributed by atoms with Crippen LogP contribution in [0.2, 0.25) is 0 Å². The van der Waals surface area contributed by atoms with E-state index in [9.17, 15) is 14.4 Å². The molecule has 0 saturated heterocycles. The second-order valence-electron chi connectivity index (χ2n) is 6.04. The van der Waals surface area contributed by atoms with E-state index in [0.717, 1.165) is 0 Å². The van der Waals surface area contributed by atoms with Crippen molar-refractivity contribution < 1.29 is 23.9 Å². The molecule has 0 unspecified atom stereocenters. The lowest BCUT2D eigenvalue weighted by molar-refractivity contribution is -0.120. The summed E-state index contributed by atoms with van der Waals surface area (Å²) in [6.45, 7) is 1.76. The summed E-state index contributed by atoms with van der Waals surface area (Å²) in [6.07, 6.45) is 0. The molecule has 2 aromatic carbocycles. The number of amides is 4. The predicted molar refractivity (Wildman–Crippen MR) is 103 cm³/mol. The summed E-state index contributed by atoms with van der Waals surface area (Å²) in [7, 11) is 1.42. The van der Waals surface area contributed by atoms with Gasteiger partial charge in [-0.15, -0.1) is 0 Å². The molecule has 3 rings (SSSR count). The van der Waals surface area contributed by atoms with Gasteiger partial charge in [-0.05, 0) is 43.3 Å². The zero-order valence-electron chi connectivity index (χ0n) is 15.4. The molecule has 1 aliphatic heterocycles. The Morgan fingerprint density at radius 1 is 1.00 bits per heavy atom. The molecule has 0 saturated carbocycles. The Hall–Kier alpha value is -3.75. The normalized spacial score (nSPS) is 12.6. The SMILES string of the molecule is CNC(=O)NC(=O)[C@@H](C)Nc1cccc(NC(=O)c2ccc3c(c2)OCO3)c1. The summed E-state index contributed by atoms with van der Waals surface area (Å²) in [5.41, 5.74) is 1.59. The monoisotopic (exact) mass is 384 g/mol. The fourth-order valence-corrected chi connectivity index (χ4v) is 2.53. The van der Waals surface area contributed by atoms with Crippen molar-refractivity contribution in [2.75, 3.05) is 24.5 Å². The van der Waals surface area contributed by atoms with Gasteiger partial charge in [-0.2, -0.15) is 0 Å². The average Bonchev–Trinajstić information content (AvgIpc) is 3.15. The van der Waals surface area contributed by atoms with Crippen LogP contribution in [0.4, 0.5) is 16.2 Å². The van der Waals surface area contributed by atoms with E-state index in [1.54, 1.807) is 49.4 Å². The summed E-state index contributed by atoms with van der Waals surface area (Å²) in [5, 5.41) is 10.3. The Morgan fingerprint density at radius 2 is 1.75 bits per heavy atom. The molecule has 1 aliphatic rings. The second kappa shape index (κ2) is 8.30. The number of benzene rings is 2. The third-order valence-corrected chi connectivity index (χ3v) is 4.00. The third kappa shape index (κ3) is 4.50. The number of hydrogen-bond donors (Lipinski definition) is 4. The number of ether oxygens (including phenoxy) is 2. The van der Waals surface area contributed by atoms with Gasteiger partial charge in [-0.1, -0.05) is 6.07 Å². The van der Waals surface area contributed by atoms with Crippen LogP contribution in [0.3, 0.4) is 0 Å². The van der Waals surface area contributed by atoms with Crippen LogP contribution in [0.25, 0.3) is 0 Å². The van der Waals surface area contributed by atoms with E-state index >= 15 is 0 Å². The number of imide groups is 1. The molecule has 9 heteroatoms. The highest BCUT2D eigenvalue weighted by molar-refractivity contribution is 6.05. The minimum Gasteiger partial charge on any atom is -0.454 e. The summed E-state index contributed by atoms with van der Waals surface area (Å²) >= 11 is 0. The van der Waals surface area contributed by atoms with Crippen LogP contribution in [0.15, 0.2) is 42.5 Å². The zero-order valence-corrected chi connectivity index (χ0v) is 15.4. The van der Waals surface area contributed by atoms with Gasteiger partial charge in [0.25, 0.3) is 5.91 Å². The van der Waals surface area contributed by atoms with E-state index in [1.165, 1.54) is 7.05 Å². The molecule has 0 bridgehead atoms. The summed E-state index contributed by atoms with van der Waals surface area (Å²) in [6, 6.07) is 10.6. The first kappa shape index (κ1) is 19.0. The van der Waals surface area contributed by atoms with Crippen molar-refractivity contribution in [3.05, 3.63) is 48.0 Å². The van der Waals surface area contributed by atoms with Gasteiger partial charge in [0.05, 0.1) is 0 Å². The number of hydrogen-bond acceptors (Lipinski definition) is 6. The van der Waals surface area contributed by atoms with Gasteiger partial charge in [0.15, 0.2) is 11.5 Å².